The Morgan fingerprint density at radius 2 is 1.68 bits per heavy atom. The van der Waals surface area contributed by atoms with Gasteiger partial charge in [0.05, 0.1) is 25.5 Å². The number of thioether (sulfide) groups is 1. The Bertz CT molecular complexity index is 600. The van der Waals surface area contributed by atoms with Crippen molar-refractivity contribution in [2.24, 2.45) is 0 Å². The Morgan fingerprint density at radius 1 is 1.09 bits per heavy atom. The Kier molecular flexibility index (Phi) is 5.77. The Balaban J connectivity index is 2.21. The number of hydrogen-bond acceptors (Lipinski definition) is 6. The van der Waals surface area contributed by atoms with Crippen LogP contribution in [0.15, 0.2) is 41.6 Å². The zero-order valence-electron chi connectivity index (χ0n) is 12.7. The first-order valence-electron chi connectivity index (χ1n) is 6.82. The van der Waals surface area contributed by atoms with Crippen LogP contribution in [0.3, 0.4) is 0 Å². The van der Waals surface area contributed by atoms with Crippen molar-refractivity contribution in [2.45, 2.75) is 23.2 Å². The Morgan fingerprint density at radius 3 is 2.18 bits per heavy atom. The first kappa shape index (κ1) is 16.3. The summed E-state index contributed by atoms with van der Waals surface area (Å²) in [5, 5.41) is 0.162. The molecular formula is C16H18N2O3S. The van der Waals surface area contributed by atoms with Crippen molar-refractivity contribution < 1.29 is 14.3 Å². The molecule has 2 unspecified atom stereocenters. The zero-order chi connectivity index (χ0) is 15.9. The molecule has 0 spiro atoms. The lowest BCUT2D eigenvalue weighted by atomic mass is 9.98. The van der Waals surface area contributed by atoms with Gasteiger partial charge in [-0.05, 0) is 5.56 Å². The number of aldehydes is 1. The van der Waals surface area contributed by atoms with Crippen molar-refractivity contribution in [2.75, 3.05) is 14.2 Å². The van der Waals surface area contributed by atoms with Crippen LogP contribution in [0.2, 0.25) is 0 Å². The second-order valence-electron chi connectivity index (χ2n) is 4.65. The van der Waals surface area contributed by atoms with Crippen LogP contribution in [0, 0.1) is 0 Å². The van der Waals surface area contributed by atoms with Crippen molar-refractivity contribution in [3.8, 4) is 11.8 Å². The van der Waals surface area contributed by atoms with Crippen LogP contribution in [-0.4, -0.2) is 35.7 Å². The van der Waals surface area contributed by atoms with E-state index in [0.29, 0.717) is 16.9 Å². The third-order valence-electron chi connectivity index (χ3n) is 3.27. The Labute approximate surface area is 134 Å². The minimum absolute atomic E-state index is 0.0458. The van der Waals surface area contributed by atoms with Crippen molar-refractivity contribution in [1.29, 1.82) is 0 Å². The standard InChI is InChI=1S/C16H18N2O3S/c1-11(12-7-5-4-6-8-12)13(10-19)22-16-17-14(20-2)9-15(18-16)21-3/h4-11,13H,1-3H3. The summed E-state index contributed by atoms with van der Waals surface area (Å²) in [6.07, 6.45) is 0.928. The topological polar surface area (TPSA) is 61.3 Å². The summed E-state index contributed by atoms with van der Waals surface area (Å²) in [6.45, 7) is 2.01. The van der Waals surface area contributed by atoms with Crippen LogP contribution < -0.4 is 9.47 Å². The van der Waals surface area contributed by atoms with E-state index in [1.54, 1.807) is 6.07 Å². The van der Waals surface area contributed by atoms with E-state index in [9.17, 15) is 4.79 Å². The predicted molar refractivity (Wildman–Crippen MR) is 85.7 cm³/mol. The van der Waals surface area contributed by atoms with E-state index in [-0.39, 0.29) is 11.2 Å². The van der Waals surface area contributed by atoms with Gasteiger partial charge in [-0.3, -0.25) is 0 Å². The van der Waals surface area contributed by atoms with Gasteiger partial charge in [-0.15, -0.1) is 0 Å². The third-order valence-corrected chi connectivity index (χ3v) is 4.46. The molecule has 6 heteroatoms. The molecule has 0 saturated heterocycles. The summed E-state index contributed by atoms with van der Waals surface area (Å²) in [5.41, 5.74) is 1.10. The minimum Gasteiger partial charge on any atom is -0.481 e. The molecule has 1 heterocycles. The fraction of sp³-hybridized carbons (Fsp3) is 0.312. The molecule has 2 atom stereocenters. The van der Waals surface area contributed by atoms with E-state index in [0.717, 1.165) is 11.8 Å². The number of ether oxygens (including phenoxy) is 2. The van der Waals surface area contributed by atoms with E-state index < -0.39 is 0 Å². The number of carbonyl (C=O) groups excluding carboxylic acids is 1. The monoisotopic (exact) mass is 318 g/mol. The highest BCUT2D eigenvalue weighted by Gasteiger charge is 2.21. The van der Waals surface area contributed by atoms with Crippen LogP contribution in [0.1, 0.15) is 18.4 Å². The summed E-state index contributed by atoms with van der Waals surface area (Å²) >= 11 is 1.30. The zero-order valence-corrected chi connectivity index (χ0v) is 13.5. The number of nitrogens with zero attached hydrogens (tertiary/aromatic N) is 2. The van der Waals surface area contributed by atoms with Gasteiger partial charge >= 0.3 is 0 Å². The molecule has 0 saturated carbocycles. The molecule has 1 aromatic carbocycles. The molecule has 2 rings (SSSR count). The van der Waals surface area contributed by atoms with Gasteiger partial charge in [0.2, 0.25) is 11.8 Å². The number of methoxy groups -OCH3 is 2. The predicted octanol–water partition coefficient (Wildman–Crippen LogP) is 2.96. The fourth-order valence-corrected chi connectivity index (χ4v) is 2.91. The number of hydrogen-bond donors (Lipinski definition) is 0. The van der Waals surface area contributed by atoms with Crippen LogP contribution in [-0.2, 0) is 4.79 Å². The molecule has 0 radical (unpaired) electrons. The van der Waals surface area contributed by atoms with Crippen molar-refractivity contribution in [3.63, 3.8) is 0 Å². The van der Waals surface area contributed by atoms with Crippen molar-refractivity contribution in [3.05, 3.63) is 42.0 Å². The highest BCUT2D eigenvalue weighted by atomic mass is 32.2. The molecule has 0 aliphatic heterocycles. The van der Waals surface area contributed by atoms with Gasteiger partial charge in [-0.2, -0.15) is 9.97 Å². The van der Waals surface area contributed by atoms with Crippen LogP contribution in [0.4, 0.5) is 0 Å². The summed E-state index contributed by atoms with van der Waals surface area (Å²) in [4.78, 5) is 20.0. The lowest BCUT2D eigenvalue weighted by molar-refractivity contribution is -0.107. The average Bonchev–Trinajstić information content (AvgIpc) is 2.59. The van der Waals surface area contributed by atoms with Crippen LogP contribution in [0.5, 0.6) is 11.8 Å². The molecule has 0 fully saturated rings. The molecule has 0 N–H and O–H groups in total. The van der Waals surface area contributed by atoms with Gasteiger partial charge < -0.3 is 14.3 Å². The van der Waals surface area contributed by atoms with Gasteiger partial charge in [0.25, 0.3) is 0 Å². The lowest BCUT2D eigenvalue weighted by Gasteiger charge is -2.18. The van der Waals surface area contributed by atoms with Crippen LogP contribution in [0.25, 0.3) is 0 Å². The smallest absolute Gasteiger partial charge is 0.220 e. The van der Waals surface area contributed by atoms with Crippen LogP contribution >= 0.6 is 11.8 Å². The summed E-state index contributed by atoms with van der Waals surface area (Å²) in [5.74, 6) is 0.863. The molecule has 2 aromatic rings. The number of rotatable bonds is 7. The summed E-state index contributed by atoms with van der Waals surface area (Å²) < 4.78 is 10.2. The molecule has 0 bridgehead atoms. The maximum Gasteiger partial charge on any atom is 0.220 e. The maximum atomic E-state index is 11.5. The third kappa shape index (κ3) is 3.98. The van der Waals surface area contributed by atoms with E-state index in [2.05, 4.69) is 9.97 Å². The summed E-state index contributed by atoms with van der Waals surface area (Å²) in [7, 11) is 3.06. The molecule has 0 aliphatic rings. The SMILES string of the molecule is COc1cc(OC)nc(SC(C=O)C(C)c2ccccc2)n1. The van der Waals surface area contributed by atoms with Gasteiger partial charge in [0.15, 0.2) is 5.16 Å². The average molecular weight is 318 g/mol. The van der Waals surface area contributed by atoms with Gasteiger partial charge in [0.1, 0.15) is 6.29 Å². The van der Waals surface area contributed by atoms with E-state index >= 15 is 0 Å². The maximum absolute atomic E-state index is 11.5. The van der Waals surface area contributed by atoms with E-state index in [1.165, 1.54) is 26.0 Å². The number of aromatic nitrogens is 2. The summed E-state index contributed by atoms with van der Waals surface area (Å²) in [6, 6.07) is 11.5. The molecule has 5 nitrogen and oxygen atoms in total. The van der Waals surface area contributed by atoms with Gasteiger partial charge in [-0.1, -0.05) is 49.0 Å². The van der Waals surface area contributed by atoms with Crippen molar-refractivity contribution >= 4 is 18.0 Å². The second kappa shape index (κ2) is 7.79. The molecular weight excluding hydrogens is 300 g/mol. The normalized spacial score (nSPS) is 13.2. The number of carbonyl (C=O) groups is 1. The molecule has 0 aliphatic carbocycles. The van der Waals surface area contributed by atoms with Gasteiger partial charge in [0, 0.05) is 5.92 Å². The second-order valence-corrected chi connectivity index (χ2v) is 5.80. The lowest BCUT2D eigenvalue weighted by Crippen LogP contribution is -2.15. The first-order chi connectivity index (χ1) is 10.7. The molecule has 22 heavy (non-hydrogen) atoms. The molecule has 1 aromatic heterocycles. The largest absolute Gasteiger partial charge is 0.481 e. The van der Waals surface area contributed by atoms with Crippen molar-refractivity contribution in [1.82, 2.24) is 9.97 Å². The minimum atomic E-state index is -0.292. The first-order valence-corrected chi connectivity index (χ1v) is 7.70. The van der Waals surface area contributed by atoms with E-state index in [4.69, 9.17) is 9.47 Å². The van der Waals surface area contributed by atoms with Gasteiger partial charge in [-0.25, -0.2) is 0 Å². The quantitative estimate of drug-likeness (QED) is 0.444. The molecule has 116 valence electrons. The number of benzene rings is 1. The van der Waals surface area contributed by atoms with E-state index in [1.807, 2.05) is 37.3 Å². The fourth-order valence-electron chi connectivity index (χ4n) is 1.96. The highest BCUT2D eigenvalue weighted by molar-refractivity contribution is 8.00. The highest BCUT2D eigenvalue weighted by Crippen LogP contribution is 2.32. The Hall–Kier alpha value is -2.08. The molecule has 0 amide bonds.